The Kier molecular flexibility index (Phi) is 3.61. The number of rotatable bonds is 5. The van der Waals surface area contributed by atoms with Crippen molar-refractivity contribution in [3.8, 4) is 5.75 Å². The predicted octanol–water partition coefficient (Wildman–Crippen LogP) is 1.93. The summed E-state index contributed by atoms with van der Waals surface area (Å²) in [6.45, 7) is 0.00226. The second-order valence-corrected chi connectivity index (χ2v) is 4.43. The van der Waals surface area contributed by atoms with Gasteiger partial charge in [-0.25, -0.2) is 4.98 Å². The van der Waals surface area contributed by atoms with E-state index in [2.05, 4.69) is 10.3 Å². The molecule has 0 aliphatic heterocycles. The highest BCUT2D eigenvalue weighted by Gasteiger charge is 2.19. The first kappa shape index (κ1) is 13.9. The number of carbonyl (C=O) groups is 2. The van der Waals surface area contributed by atoms with Crippen LogP contribution in [0.2, 0.25) is 0 Å². The zero-order valence-corrected chi connectivity index (χ0v) is 11.7. The van der Waals surface area contributed by atoms with E-state index in [-0.39, 0.29) is 12.3 Å². The SMILES string of the molecule is COc1ccc2oc(CNC(=O)C(=O)c3ccco3)nc2c1. The van der Waals surface area contributed by atoms with Crippen LogP contribution in [0.3, 0.4) is 0 Å². The fourth-order valence-electron chi connectivity index (χ4n) is 1.91. The number of benzene rings is 1. The lowest BCUT2D eigenvalue weighted by Gasteiger charge is -1.99. The standard InChI is InChI=1S/C15H12N2O5/c1-20-9-4-5-11-10(7-9)17-13(22-11)8-16-15(19)14(18)12-3-2-6-21-12/h2-7H,8H2,1H3,(H,16,19). The van der Waals surface area contributed by atoms with Gasteiger partial charge < -0.3 is 18.9 Å². The van der Waals surface area contributed by atoms with Crippen molar-refractivity contribution in [2.75, 3.05) is 7.11 Å². The molecular formula is C15H12N2O5. The first-order chi connectivity index (χ1) is 10.7. The van der Waals surface area contributed by atoms with E-state index in [9.17, 15) is 9.59 Å². The quantitative estimate of drug-likeness (QED) is 0.571. The van der Waals surface area contributed by atoms with Gasteiger partial charge in [-0.05, 0) is 24.3 Å². The van der Waals surface area contributed by atoms with Crippen LogP contribution in [0, 0.1) is 0 Å². The van der Waals surface area contributed by atoms with Gasteiger partial charge in [-0.2, -0.15) is 0 Å². The minimum Gasteiger partial charge on any atom is -0.497 e. The van der Waals surface area contributed by atoms with Gasteiger partial charge in [-0.1, -0.05) is 0 Å². The second-order valence-electron chi connectivity index (χ2n) is 4.43. The van der Waals surface area contributed by atoms with Gasteiger partial charge in [0.05, 0.1) is 19.9 Å². The molecule has 0 saturated heterocycles. The average Bonchev–Trinajstić information content (AvgIpc) is 3.19. The number of methoxy groups -OCH3 is 1. The van der Waals surface area contributed by atoms with Gasteiger partial charge in [0.25, 0.3) is 11.7 Å². The molecule has 1 aromatic carbocycles. The highest BCUT2D eigenvalue weighted by Crippen LogP contribution is 2.21. The van der Waals surface area contributed by atoms with E-state index in [1.807, 2.05) is 0 Å². The Balaban J connectivity index is 1.68. The fourth-order valence-corrected chi connectivity index (χ4v) is 1.91. The van der Waals surface area contributed by atoms with E-state index >= 15 is 0 Å². The number of ether oxygens (including phenoxy) is 1. The summed E-state index contributed by atoms with van der Waals surface area (Å²) in [4.78, 5) is 27.6. The van der Waals surface area contributed by atoms with Crippen molar-refractivity contribution in [2.24, 2.45) is 0 Å². The van der Waals surface area contributed by atoms with Crippen LogP contribution in [-0.4, -0.2) is 23.8 Å². The molecule has 0 atom stereocenters. The Morgan fingerprint density at radius 3 is 2.91 bits per heavy atom. The largest absolute Gasteiger partial charge is 0.497 e. The van der Waals surface area contributed by atoms with Gasteiger partial charge >= 0.3 is 0 Å². The summed E-state index contributed by atoms with van der Waals surface area (Å²) >= 11 is 0. The van der Waals surface area contributed by atoms with Crippen molar-refractivity contribution in [1.29, 1.82) is 0 Å². The van der Waals surface area contributed by atoms with Crippen LogP contribution < -0.4 is 10.1 Å². The van der Waals surface area contributed by atoms with Gasteiger partial charge in [0.2, 0.25) is 5.89 Å². The van der Waals surface area contributed by atoms with Crippen molar-refractivity contribution in [1.82, 2.24) is 10.3 Å². The number of hydrogen-bond donors (Lipinski definition) is 1. The van der Waals surface area contributed by atoms with E-state index in [0.717, 1.165) is 0 Å². The molecule has 22 heavy (non-hydrogen) atoms. The van der Waals surface area contributed by atoms with Crippen molar-refractivity contribution in [3.63, 3.8) is 0 Å². The van der Waals surface area contributed by atoms with Crippen LogP contribution in [0.15, 0.2) is 45.4 Å². The molecule has 2 aromatic heterocycles. The highest BCUT2D eigenvalue weighted by atomic mass is 16.5. The number of Topliss-reactive ketones (excluding diaryl/α,β-unsaturated/α-hetero) is 1. The summed E-state index contributed by atoms with van der Waals surface area (Å²) in [6, 6.07) is 8.15. The van der Waals surface area contributed by atoms with E-state index in [1.54, 1.807) is 25.3 Å². The molecule has 0 spiro atoms. The first-order valence-electron chi connectivity index (χ1n) is 6.47. The van der Waals surface area contributed by atoms with Crippen LogP contribution in [0.1, 0.15) is 16.4 Å². The Labute approximate surface area is 124 Å². The van der Waals surface area contributed by atoms with E-state index in [0.29, 0.717) is 22.7 Å². The number of fused-ring (bicyclic) bond motifs is 1. The smallest absolute Gasteiger partial charge is 0.296 e. The number of hydrogen-bond acceptors (Lipinski definition) is 6. The summed E-state index contributed by atoms with van der Waals surface area (Å²) < 4.78 is 15.4. The summed E-state index contributed by atoms with van der Waals surface area (Å²) in [5.74, 6) is -0.592. The van der Waals surface area contributed by atoms with Crippen LogP contribution in [0.5, 0.6) is 5.75 Å². The molecule has 7 nitrogen and oxygen atoms in total. The van der Waals surface area contributed by atoms with Gasteiger partial charge in [0, 0.05) is 6.07 Å². The maximum atomic E-state index is 11.7. The molecule has 1 amide bonds. The van der Waals surface area contributed by atoms with Gasteiger partial charge in [-0.3, -0.25) is 9.59 Å². The lowest BCUT2D eigenvalue weighted by Crippen LogP contribution is -2.30. The Bertz CT molecular complexity index is 820. The zero-order valence-electron chi connectivity index (χ0n) is 11.7. The number of nitrogens with zero attached hydrogens (tertiary/aromatic N) is 1. The fraction of sp³-hybridized carbons (Fsp3) is 0.133. The summed E-state index contributed by atoms with van der Waals surface area (Å²) in [7, 11) is 1.56. The molecular weight excluding hydrogens is 288 g/mol. The number of amides is 1. The topological polar surface area (TPSA) is 94.6 Å². The van der Waals surface area contributed by atoms with Crippen LogP contribution >= 0.6 is 0 Å². The van der Waals surface area contributed by atoms with Crippen molar-refractivity contribution < 1.29 is 23.2 Å². The number of oxazole rings is 1. The van der Waals surface area contributed by atoms with E-state index in [4.69, 9.17) is 13.6 Å². The normalized spacial score (nSPS) is 10.6. The minimum absolute atomic E-state index is 0.00226. The lowest BCUT2D eigenvalue weighted by atomic mass is 10.3. The van der Waals surface area contributed by atoms with Crippen LogP contribution in [-0.2, 0) is 11.3 Å². The lowest BCUT2D eigenvalue weighted by molar-refractivity contribution is -0.117. The van der Waals surface area contributed by atoms with Crippen molar-refractivity contribution >= 4 is 22.8 Å². The van der Waals surface area contributed by atoms with Crippen molar-refractivity contribution in [2.45, 2.75) is 6.54 Å². The van der Waals surface area contributed by atoms with Gasteiger partial charge in [0.1, 0.15) is 11.3 Å². The molecule has 3 rings (SSSR count). The highest BCUT2D eigenvalue weighted by molar-refractivity contribution is 6.41. The molecule has 0 aliphatic carbocycles. The summed E-state index contributed by atoms with van der Waals surface area (Å²) in [5, 5.41) is 2.44. The molecule has 0 saturated carbocycles. The Hall–Kier alpha value is -3.09. The molecule has 2 heterocycles. The monoisotopic (exact) mass is 300 g/mol. The number of ketones is 1. The third-order valence-electron chi connectivity index (χ3n) is 2.99. The molecule has 0 fully saturated rings. The first-order valence-corrected chi connectivity index (χ1v) is 6.47. The van der Waals surface area contributed by atoms with E-state index in [1.165, 1.54) is 18.4 Å². The van der Waals surface area contributed by atoms with Crippen LogP contribution in [0.25, 0.3) is 11.1 Å². The van der Waals surface area contributed by atoms with E-state index < -0.39 is 11.7 Å². The Morgan fingerprint density at radius 2 is 2.18 bits per heavy atom. The number of furan rings is 1. The molecule has 0 aliphatic rings. The molecule has 1 N–H and O–H groups in total. The van der Waals surface area contributed by atoms with Gasteiger partial charge in [0.15, 0.2) is 11.3 Å². The maximum absolute atomic E-state index is 11.7. The summed E-state index contributed by atoms with van der Waals surface area (Å²) in [6.07, 6.45) is 1.33. The molecule has 0 bridgehead atoms. The molecule has 7 heteroatoms. The summed E-state index contributed by atoms with van der Waals surface area (Å²) in [5.41, 5.74) is 1.18. The maximum Gasteiger partial charge on any atom is 0.296 e. The second kappa shape index (κ2) is 5.72. The van der Waals surface area contributed by atoms with Crippen LogP contribution in [0.4, 0.5) is 0 Å². The third-order valence-corrected chi connectivity index (χ3v) is 2.99. The predicted molar refractivity (Wildman–Crippen MR) is 75.4 cm³/mol. The molecule has 0 unspecified atom stereocenters. The molecule has 3 aromatic rings. The Morgan fingerprint density at radius 1 is 1.32 bits per heavy atom. The molecule has 112 valence electrons. The number of aromatic nitrogens is 1. The minimum atomic E-state index is -0.783. The number of nitrogens with one attached hydrogen (secondary N) is 1. The zero-order chi connectivity index (χ0) is 15.5. The van der Waals surface area contributed by atoms with Crippen molar-refractivity contribution in [3.05, 3.63) is 48.2 Å². The average molecular weight is 300 g/mol. The molecule has 0 radical (unpaired) electrons. The van der Waals surface area contributed by atoms with Gasteiger partial charge in [-0.15, -0.1) is 0 Å². The third kappa shape index (κ3) is 2.69. The number of carbonyl (C=O) groups excluding carboxylic acids is 2.